The summed E-state index contributed by atoms with van der Waals surface area (Å²) in [7, 11) is 1.92. The number of hydrogen-bond acceptors (Lipinski definition) is 8. The molecule has 1 amide bonds. The molecule has 3 atom stereocenters. The van der Waals surface area contributed by atoms with Crippen molar-refractivity contribution in [1.29, 1.82) is 0 Å². The fourth-order valence-electron chi connectivity index (χ4n) is 5.40. The summed E-state index contributed by atoms with van der Waals surface area (Å²) >= 11 is 6.01. The van der Waals surface area contributed by atoms with Crippen LogP contribution < -0.4 is 15.0 Å². The summed E-state index contributed by atoms with van der Waals surface area (Å²) < 4.78 is 26.9. The molecule has 2 fully saturated rings. The van der Waals surface area contributed by atoms with E-state index in [1.807, 2.05) is 32.7 Å². The summed E-state index contributed by atoms with van der Waals surface area (Å²) in [6.07, 6.45) is 5.70. The lowest BCUT2D eigenvalue weighted by Crippen LogP contribution is -2.57. The van der Waals surface area contributed by atoms with Crippen LogP contribution in [0.15, 0.2) is 6.20 Å². The van der Waals surface area contributed by atoms with Gasteiger partial charge in [-0.3, -0.25) is 4.90 Å². The monoisotopic (exact) mass is 536 g/mol. The smallest absolute Gasteiger partial charge is 0.410 e. The molecule has 2 aromatic heterocycles. The summed E-state index contributed by atoms with van der Waals surface area (Å²) in [4.78, 5) is 30.0. The average Bonchev–Trinajstić information content (AvgIpc) is 3.12. The van der Waals surface area contributed by atoms with Crippen molar-refractivity contribution in [2.45, 2.75) is 89.9 Å². The molecule has 2 aromatic rings. The van der Waals surface area contributed by atoms with Gasteiger partial charge >= 0.3 is 12.1 Å². The maximum atomic E-state index is 15.1. The number of carbonyl (C=O) groups is 1. The predicted octanol–water partition coefficient (Wildman–Crippen LogP) is 4.95. The number of rotatable bonds is 8. The number of anilines is 1. The van der Waals surface area contributed by atoms with Gasteiger partial charge in [0.2, 0.25) is 0 Å². The number of pyridine rings is 1. The minimum atomic E-state index is -0.702. The Morgan fingerprint density at radius 3 is 2.46 bits per heavy atom. The third-order valence-electron chi connectivity index (χ3n) is 7.40. The Kier molecular flexibility index (Phi) is 7.99. The molecule has 0 spiro atoms. The van der Waals surface area contributed by atoms with Crippen LogP contribution in [-0.4, -0.2) is 75.9 Å². The first kappa shape index (κ1) is 27.6. The highest BCUT2D eigenvalue weighted by Crippen LogP contribution is 2.37. The van der Waals surface area contributed by atoms with Crippen LogP contribution in [0, 0.1) is 5.82 Å². The molecule has 2 aliphatic heterocycles. The fraction of sp³-hybridized carbons (Fsp3) is 0.692. The maximum Gasteiger partial charge on any atom is 0.410 e. The molecule has 0 saturated carbocycles. The molecule has 11 heteroatoms. The van der Waals surface area contributed by atoms with Gasteiger partial charge in [0.1, 0.15) is 23.5 Å². The number of nitrogens with one attached hydrogen (secondary N) is 1. The molecule has 2 bridgehead atoms. The van der Waals surface area contributed by atoms with E-state index >= 15 is 4.39 Å². The molecular formula is C26H38ClFN6O3. The van der Waals surface area contributed by atoms with E-state index in [4.69, 9.17) is 26.1 Å². The van der Waals surface area contributed by atoms with Crippen LogP contribution in [-0.2, 0) is 4.74 Å². The van der Waals surface area contributed by atoms with E-state index in [9.17, 15) is 4.79 Å². The second kappa shape index (κ2) is 10.7. The SMILES string of the molecule is CCCC(CC)(COc1nc(N2CC3CCC(C2)N3C(=O)OC(C)(C)C)c2cnc(Cl)c(F)c2n1)NC. The van der Waals surface area contributed by atoms with Crippen LogP contribution in [0.2, 0.25) is 5.15 Å². The number of carbonyl (C=O) groups excluding carboxylic acids is 1. The molecule has 1 N–H and O–H groups in total. The van der Waals surface area contributed by atoms with Gasteiger partial charge in [0.15, 0.2) is 11.0 Å². The van der Waals surface area contributed by atoms with E-state index in [1.165, 1.54) is 6.20 Å². The van der Waals surface area contributed by atoms with Gasteiger partial charge in [0, 0.05) is 19.3 Å². The molecule has 0 aliphatic carbocycles. The fourth-order valence-corrected chi connectivity index (χ4v) is 5.54. The quantitative estimate of drug-likeness (QED) is 0.474. The third-order valence-corrected chi connectivity index (χ3v) is 7.66. The number of nitrogens with zero attached hydrogens (tertiary/aromatic N) is 5. The van der Waals surface area contributed by atoms with E-state index in [1.54, 1.807) is 0 Å². The summed E-state index contributed by atoms with van der Waals surface area (Å²) in [5.41, 5.74) is -0.729. The van der Waals surface area contributed by atoms with Crippen molar-refractivity contribution in [2.75, 3.05) is 31.6 Å². The number of halogens is 2. The lowest BCUT2D eigenvalue weighted by Gasteiger charge is -2.42. The molecule has 9 nitrogen and oxygen atoms in total. The zero-order chi connectivity index (χ0) is 27.0. The van der Waals surface area contributed by atoms with Crippen LogP contribution >= 0.6 is 11.6 Å². The molecule has 4 rings (SSSR count). The van der Waals surface area contributed by atoms with Crippen LogP contribution in [0.25, 0.3) is 10.9 Å². The van der Waals surface area contributed by atoms with Gasteiger partial charge in [-0.1, -0.05) is 31.9 Å². The van der Waals surface area contributed by atoms with Crippen molar-refractivity contribution >= 4 is 34.4 Å². The first-order valence-corrected chi connectivity index (χ1v) is 13.5. The summed E-state index contributed by atoms with van der Waals surface area (Å²) in [5.74, 6) is -0.169. The molecule has 204 valence electrons. The highest BCUT2D eigenvalue weighted by atomic mass is 35.5. The number of fused-ring (bicyclic) bond motifs is 3. The first-order chi connectivity index (χ1) is 17.5. The molecule has 37 heavy (non-hydrogen) atoms. The minimum Gasteiger partial charge on any atom is -0.461 e. The molecule has 0 aromatic carbocycles. The van der Waals surface area contributed by atoms with Gasteiger partial charge in [-0.25, -0.2) is 14.2 Å². The van der Waals surface area contributed by atoms with Crippen LogP contribution in [0.3, 0.4) is 0 Å². The van der Waals surface area contributed by atoms with Gasteiger partial charge in [0.25, 0.3) is 0 Å². The van der Waals surface area contributed by atoms with Crippen LogP contribution in [0.5, 0.6) is 6.01 Å². The highest BCUT2D eigenvalue weighted by molar-refractivity contribution is 6.30. The second-order valence-corrected chi connectivity index (χ2v) is 11.4. The number of ether oxygens (including phenoxy) is 2. The summed E-state index contributed by atoms with van der Waals surface area (Å²) in [5, 5.41) is 3.59. The molecular weight excluding hydrogens is 499 g/mol. The van der Waals surface area contributed by atoms with Gasteiger partial charge < -0.3 is 19.7 Å². The van der Waals surface area contributed by atoms with Crippen molar-refractivity contribution in [3.63, 3.8) is 0 Å². The Hall–Kier alpha value is -2.46. The third kappa shape index (κ3) is 5.70. The Morgan fingerprint density at radius 2 is 1.89 bits per heavy atom. The molecule has 4 heterocycles. The molecule has 2 aliphatic rings. The van der Waals surface area contributed by atoms with E-state index < -0.39 is 11.4 Å². The maximum absolute atomic E-state index is 15.1. The lowest BCUT2D eigenvalue weighted by molar-refractivity contribution is 0.0123. The molecule has 0 radical (unpaired) electrons. The summed E-state index contributed by atoms with van der Waals surface area (Å²) in [6.45, 7) is 11.3. The van der Waals surface area contributed by atoms with Crippen molar-refractivity contribution in [2.24, 2.45) is 0 Å². The van der Waals surface area contributed by atoms with Crippen molar-refractivity contribution in [3.8, 4) is 6.01 Å². The normalized spacial score (nSPS) is 21.3. The van der Waals surface area contributed by atoms with Gasteiger partial charge in [-0.2, -0.15) is 9.97 Å². The second-order valence-electron chi connectivity index (χ2n) is 11.1. The first-order valence-electron chi connectivity index (χ1n) is 13.1. The molecule has 3 unspecified atom stereocenters. The standard InChI is InChI=1S/C26H38ClFN6O3/c1-7-11-26(8-2,29-6)15-36-23-31-20-18(12-30-21(27)19(20)28)22(32-23)33-13-16-9-10-17(14-33)34(16)24(35)37-25(3,4)5/h12,16-17,29H,7-11,13-15H2,1-6H3. The average molecular weight is 537 g/mol. The number of amides is 1. The summed E-state index contributed by atoms with van der Waals surface area (Å²) in [6, 6.07) is 0.0270. The van der Waals surface area contributed by atoms with E-state index in [2.05, 4.69) is 34.0 Å². The Balaban J connectivity index is 1.66. The number of likely N-dealkylation sites (N-methyl/N-ethyl adjacent to an activating group) is 1. The van der Waals surface area contributed by atoms with Crippen LogP contribution in [0.4, 0.5) is 15.0 Å². The Morgan fingerprint density at radius 1 is 1.22 bits per heavy atom. The van der Waals surface area contributed by atoms with Crippen molar-refractivity contribution < 1.29 is 18.7 Å². The number of aromatic nitrogens is 3. The lowest BCUT2D eigenvalue weighted by atomic mass is 9.92. The number of piperazine rings is 1. The van der Waals surface area contributed by atoms with E-state index in [-0.39, 0.29) is 40.4 Å². The van der Waals surface area contributed by atoms with Gasteiger partial charge in [0.05, 0.1) is 23.0 Å². The van der Waals surface area contributed by atoms with E-state index in [0.717, 1.165) is 32.1 Å². The van der Waals surface area contributed by atoms with Gasteiger partial charge in [-0.15, -0.1) is 0 Å². The number of hydrogen-bond donors (Lipinski definition) is 1. The molecule has 2 saturated heterocycles. The van der Waals surface area contributed by atoms with Gasteiger partial charge in [-0.05, 0) is 53.5 Å². The predicted molar refractivity (Wildman–Crippen MR) is 142 cm³/mol. The minimum absolute atomic E-state index is 0.0327. The zero-order valence-corrected chi connectivity index (χ0v) is 23.4. The van der Waals surface area contributed by atoms with Crippen LogP contribution in [0.1, 0.15) is 66.7 Å². The van der Waals surface area contributed by atoms with E-state index in [0.29, 0.717) is 30.9 Å². The Labute approximate surface area is 223 Å². The van der Waals surface area contributed by atoms with Crippen molar-refractivity contribution in [3.05, 3.63) is 17.2 Å². The van der Waals surface area contributed by atoms with Crippen molar-refractivity contribution in [1.82, 2.24) is 25.2 Å². The Bertz CT molecular complexity index is 1130. The highest BCUT2D eigenvalue weighted by Gasteiger charge is 2.45. The topological polar surface area (TPSA) is 92.7 Å². The zero-order valence-electron chi connectivity index (χ0n) is 22.6. The largest absolute Gasteiger partial charge is 0.461 e.